The predicted molar refractivity (Wildman–Crippen MR) is 520 cm³/mol. The second kappa shape index (κ2) is 40.6. The monoisotopic (exact) mass is 1870 g/mol. The van der Waals surface area contributed by atoms with Crippen LogP contribution in [0.3, 0.4) is 0 Å². The van der Waals surface area contributed by atoms with E-state index in [0.717, 1.165) is 40.7 Å². The number of benzene rings is 11. The van der Waals surface area contributed by atoms with E-state index in [1.54, 1.807) is 95.4 Å². The summed E-state index contributed by atoms with van der Waals surface area (Å²) in [5.41, 5.74) is 20.5. The minimum absolute atomic E-state index is 0.000458. The van der Waals surface area contributed by atoms with Crippen LogP contribution in [-0.2, 0) is 0 Å². The number of fused-ring (bicyclic) bond motifs is 4. The quantitative estimate of drug-likeness (QED) is 0.0138. The number of nitro groups is 3. The van der Waals surface area contributed by atoms with Gasteiger partial charge < -0.3 is 77.0 Å². The molecule has 4 aromatic heterocycles. The number of nitro benzene ring substituents is 3. The number of halogens is 4. The number of furan rings is 4. The van der Waals surface area contributed by atoms with Gasteiger partial charge in [0.1, 0.15) is 68.6 Å². The molecule has 0 aliphatic carbocycles. The zero-order valence-electron chi connectivity index (χ0n) is 77.4. The second-order valence-corrected chi connectivity index (χ2v) is 34.8. The maximum absolute atomic E-state index is 13.6. The van der Waals surface area contributed by atoms with Crippen molar-refractivity contribution < 1.29 is 83.6 Å². The standard InChI is InChI=1S/C31H35FN4O3.C27H23FN4O7.C27H27FN4O3.C17H13FN2O4/c1-7-34-22-14-19(13-20(15-22)29(37)36-31(3,4)5)23-16-24-26(17-25(23)35-8-2)39-28(27(24)30(38)33-6)18-9-11-21(32)12-10-18;1-27(2,3)30-25(33)16-9-15(10-18(11-16)31(35)36)19-12-20-22(13-21(19)32(37)38)39-24(23(20)26(34)29-4)14-5-7-17(28)8-6-14;1-27(2,3)32-25(33)16-9-15(10-18(29)11-16)19-12-20-22(13-21(19)30)35-24(23(20)26(34)31-4)14-5-7-17(28)8-6-14;1-9-7-12-14(8-13(9)20(22)23)24-16(15(12)17(21)19-2)10-3-5-11(18)6-4-10/h9-17,34-35H,7-8H2,1-6H3,(H,33,38)(H,36,37);5-13H,1-4H3,(H,29,34)(H,30,33);5-13H,29-30H2,1-4H3,(H,31,34)(H,32,33);3-8H,1-2H3,(H,19,21). The van der Waals surface area contributed by atoms with Gasteiger partial charge in [-0.05, 0) is 264 Å². The van der Waals surface area contributed by atoms with Crippen LogP contribution in [0.15, 0.2) is 218 Å². The molecule has 0 unspecified atom stereocenters. The summed E-state index contributed by atoms with van der Waals surface area (Å²) in [4.78, 5) is 123. The smallest absolute Gasteiger partial charge is 0.280 e. The topological polar surface area (TPSA) is 462 Å². The maximum atomic E-state index is 13.6. The van der Waals surface area contributed by atoms with Gasteiger partial charge in [-0.25, -0.2) is 17.6 Å². The molecule has 15 rings (SSSR count). The van der Waals surface area contributed by atoms with E-state index in [1.807, 2.05) is 85.7 Å². The van der Waals surface area contributed by atoms with Crippen molar-refractivity contribution in [1.29, 1.82) is 0 Å². The molecular weight excluding hydrogens is 1770 g/mol. The van der Waals surface area contributed by atoms with Crippen LogP contribution in [0.1, 0.15) is 154 Å². The van der Waals surface area contributed by atoms with E-state index in [1.165, 1.54) is 112 Å². The molecule has 0 spiro atoms. The minimum atomic E-state index is -0.706. The molecular formula is C102H98F4N14O17. The number of carbonyl (C=O) groups is 7. The zero-order chi connectivity index (χ0) is 99.9. The van der Waals surface area contributed by atoms with E-state index in [-0.39, 0.29) is 96.9 Å². The molecule has 7 amide bonds. The van der Waals surface area contributed by atoms with E-state index < -0.39 is 72.0 Å². The number of anilines is 4. The van der Waals surface area contributed by atoms with Crippen LogP contribution < -0.4 is 59.3 Å². The highest BCUT2D eigenvalue weighted by molar-refractivity contribution is 6.17. The summed E-state index contributed by atoms with van der Waals surface area (Å²) in [5, 5.41) is 62.4. The highest BCUT2D eigenvalue weighted by Crippen LogP contribution is 2.46. The summed E-state index contributed by atoms with van der Waals surface area (Å²) >= 11 is 0. The van der Waals surface area contributed by atoms with Gasteiger partial charge >= 0.3 is 0 Å². The van der Waals surface area contributed by atoms with Gasteiger partial charge in [-0.3, -0.25) is 63.9 Å². The lowest BCUT2D eigenvalue weighted by Crippen LogP contribution is -2.40. The third-order valence-electron chi connectivity index (χ3n) is 21.1. The molecule has 15 aromatic rings. The zero-order valence-corrected chi connectivity index (χ0v) is 77.4. The first-order valence-corrected chi connectivity index (χ1v) is 42.9. The summed E-state index contributed by atoms with van der Waals surface area (Å²) in [5.74, 6) is -3.43. The minimum Gasteiger partial charge on any atom is -0.455 e. The Morgan fingerprint density at radius 1 is 0.343 bits per heavy atom. The van der Waals surface area contributed by atoms with E-state index in [0.29, 0.717) is 125 Å². The molecule has 0 aliphatic heterocycles. The van der Waals surface area contributed by atoms with Crippen molar-refractivity contribution in [2.75, 3.05) is 63.4 Å². The molecule has 35 heteroatoms. The highest BCUT2D eigenvalue weighted by atomic mass is 19.1. The molecule has 0 saturated heterocycles. The number of nitrogens with two attached hydrogens (primary N) is 2. The largest absolute Gasteiger partial charge is 0.455 e. The van der Waals surface area contributed by atoms with Gasteiger partial charge in [0, 0.05) is 182 Å². The lowest BCUT2D eigenvalue weighted by atomic mass is 9.96. The van der Waals surface area contributed by atoms with Gasteiger partial charge in [0.15, 0.2) is 0 Å². The Morgan fingerprint density at radius 2 is 0.664 bits per heavy atom. The van der Waals surface area contributed by atoms with Crippen LogP contribution in [0.4, 0.5) is 57.4 Å². The molecule has 11 aromatic carbocycles. The van der Waals surface area contributed by atoms with Crippen LogP contribution in [0.2, 0.25) is 0 Å². The van der Waals surface area contributed by atoms with Gasteiger partial charge in [0.2, 0.25) is 0 Å². The fourth-order valence-electron chi connectivity index (χ4n) is 15.1. The third kappa shape index (κ3) is 22.7. The number of hydrogen-bond acceptors (Lipinski definition) is 21. The van der Waals surface area contributed by atoms with Crippen molar-refractivity contribution in [3.05, 3.63) is 298 Å². The number of nitrogens with zero attached hydrogens (tertiary/aromatic N) is 3. The van der Waals surface area contributed by atoms with Crippen molar-refractivity contribution in [3.8, 4) is 78.7 Å². The molecule has 13 N–H and O–H groups in total. The summed E-state index contributed by atoms with van der Waals surface area (Å²) in [7, 11) is 5.95. The van der Waals surface area contributed by atoms with E-state index in [2.05, 4.69) is 47.9 Å². The first-order chi connectivity index (χ1) is 64.7. The number of aryl methyl sites for hydroxylation is 1. The highest BCUT2D eigenvalue weighted by Gasteiger charge is 2.33. The van der Waals surface area contributed by atoms with Crippen molar-refractivity contribution in [2.45, 2.75) is 99.7 Å². The number of carbonyl (C=O) groups excluding carboxylic acids is 7. The molecule has 0 aliphatic rings. The fraction of sp³-hybridized carbons (Fsp3) is 0.206. The molecule has 0 saturated carbocycles. The predicted octanol–water partition coefficient (Wildman–Crippen LogP) is 21.0. The SMILES string of the molecule is CCNc1cc(C(=O)NC(C)(C)C)cc(-c2cc3c(C(=O)NC)c(-c4ccc(F)cc4)oc3cc2NCC)c1.CNC(=O)c1c(-c2ccc(F)cc2)oc2cc(N)c(-c3cc(N)cc(C(=O)NC(C)(C)C)c3)cc12.CNC(=O)c1c(-c2ccc(F)cc2)oc2cc([N+](=O)[O-])c(-c3cc(C(=O)NC(C)(C)C)cc([N+](=O)[O-])c3)cc12.CNC(=O)c1c(-c2ccc(F)cc2)oc2cc([N+](=O)[O-])c(C)cc12. The molecule has 0 bridgehead atoms. The summed E-state index contributed by atoms with van der Waals surface area (Å²) in [6.45, 7) is 23.6. The van der Waals surface area contributed by atoms with Gasteiger partial charge in [-0.15, -0.1) is 0 Å². The molecule has 706 valence electrons. The number of nitrogens with one attached hydrogen (secondary N) is 9. The van der Waals surface area contributed by atoms with Crippen molar-refractivity contribution in [3.63, 3.8) is 0 Å². The van der Waals surface area contributed by atoms with Gasteiger partial charge in [-0.1, -0.05) is 0 Å². The number of nitrogen functional groups attached to an aromatic ring is 2. The van der Waals surface area contributed by atoms with E-state index >= 15 is 0 Å². The van der Waals surface area contributed by atoms with Gasteiger partial charge in [0.05, 0.1) is 54.7 Å². The van der Waals surface area contributed by atoms with Crippen LogP contribution in [0.25, 0.3) is 123 Å². The third-order valence-corrected chi connectivity index (χ3v) is 21.1. The Kier molecular flexibility index (Phi) is 29.3. The Balaban J connectivity index is 0.000000166. The van der Waals surface area contributed by atoms with Gasteiger partial charge in [0.25, 0.3) is 58.4 Å². The first-order valence-electron chi connectivity index (χ1n) is 42.9. The molecule has 0 atom stereocenters. The van der Waals surface area contributed by atoms with Crippen molar-refractivity contribution in [1.82, 2.24) is 37.2 Å². The van der Waals surface area contributed by atoms with Crippen LogP contribution in [-0.4, -0.2) is 114 Å². The molecule has 0 radical (unpaired) electrons. The summed E-state index contributed by atoms with van der Waals surface area (Å²) < 4.78 is 77.5. The van der Waals surface area contributed by atoms with Crippen LogP contribution in [0, 0.1) is 60.5 Å². The first kappa shape index (κ1) is 99.0. The van der Waals surface area contributed by atoms with Crippen LogP contribution in [0.5, 0.6) is 0 Å². The Bertz CT molecular complexity index is 7290. The summed E-state index contributed by atoms with van der Waals surface area (Å²) in [6, 6.07) is 48.8. The Morgan fingerprint density at radius 3 is 1.02 bits per heavy atom. The normalized spacial score (nSPS) is 11.3. The number of hydrogen-bond donors (Lipinski definition) is 11. The van der Waals surface area contributed by atoms with E-state index in [4.69, 9.17) is 29.1 Å². The van der Waals surface area contributed by atoms with Gasteiger partial charge in [-0.2, -0.15) is 0 Å². The lowest BCUT2D eigenvalue weighted by molar-refractivity contribution is -0.385. The Labute approximate surface area is 782 Å². The summed E-state index contributed by atoms with van der Waals surface area (Å²) in [6.07, 6.45) is 0. The van der Waals surface area contributed by atoms with Crippen molar-refractivity contribution in [2.24, 2.45) is 0 Å². The average molecular weight is 1870 g/mol. The van der Waals surface area contributed by atoms with E-state index in [9.17, 15) is 81.5 Å². The molecule has 0 fully saturated rings. The molecule has 31 nitrogen and oxygen atoms in total. The van der Waals surface area contributed by atoms with Crippen LogP contribution >= 0.6 is 0 Å². The number of rotatable bonds is 21. The fourth-order valence-corrected chi connectivity index (χ4v) is 15.1. The number of non-ortho nitro benzene ring substituents is 1. The molecule has 4 heterocycles. The van der Waals surface area contributed by atoms with Crippen molar-refractivity contribution >= 4 is 125 Å². The second-order valence-electron chi connectivity index (χ2n) is 34.8. The Hall–Kier alpha value is -17.0. The average Bonchev–Trinajstić information content (AvgIpc) is 1.62. The lowest BCUT2D eigenvalue weighted by Gasteiger charge is -2.21. The molecule has 137 heavy (non-hydrogen) atoms. The maximum Gasteiger partial charge on any atom is 0.280 e. The number of amides is 7.